The minimum absolute atomic E-state index is 1.10. The highest BCUT2D eigenvalue weighted by Gasteiger charge is 1.95. The van der Waals surface area contributed by atoms with Crippen molar-refractivity contribution in [2.24, 2.45) is 4.99 Å². The Morgan fingerprint density at radius 3 is 2.71 bits per heavy atom. The molecule has 0 aromatic heterocycles. The Morgan fingerprint density at radius 1 is 1.29 bits per heavy atom. The van der Waals surface area contributed by atoms with E-state index in [0.717, 1.165) is 11.1 Å². The zero-order valence-corrected chi connectivity index (χ0v) is 8.70. The predicted molar refractivity (Wildman–Crippen MR) is 63.7 cm³/mol. The molecule has 72 valence electrons. The van der Waals surface area contributed by atoms with Crippen LogP contribution >= 0.6 is 0 Å². The van der Waals surface area contributed by atoms with Crippen molar-refractivity contribution < 1.29 is 0 Å². The highest BCUT2D eigenvalue weighted by atomic mass is 14.7. The molecular formula is C13H15N. The molecule has 0 radical (unpaired) electrons. The number of benzene rings is 1. The summed E-state index contributed by atoms with van der Waals surface area (Å²) in [6.45, 7) is 7.80. The quantitative estimate of drug-likeness (QED) is 0.638. The maximum atomic E-state index is 4.15. The normalized spacial score (nSPS) is 11.3. The van der Waals surface area contributed by atoms with Gasteiger partial charge in [-0.15, -0.1) is 0 Å². The molecule has 0 atom stereocenters. The van der Waals surface area contributed by atoms with Gasteiger partial charge in [0.05, 0.1) is 0 Å². The lowest BCUT2D eigenvalue weighted by molar-refractivity contribution is 1.44. The van der Waals surface area contributed by atoms with Crippen molar-refractivity contribution in [3.63, 3.8) is 0 Å². The van der Waals surface area contributed by atoms with Crippen LogP contribution in [0.2, 0.25) is 0 Å². The van der Waals surface area contributed by atoms with Crippen LogP contribution < -0.4 is 0 Å². The summed E-state index contributed by atoms with van der Waals surface area (Å²) in [6.07, 6.45) is 7.37. The zero-order chi connectivity index (χ0) is 10.4. The molecule has 1 heteroatoms. The molecule has 0 aliphatic carbocycles. The van der Waals surface area contributed by atoms with Gasteiger partial charge in [-0.3, -0.25) is 4.99 Å². The minimum atomic E-state index is 1.10. The fourth-order valence-corrected chi connectivity index (χ4v) is 1.20. The van der Waals surface area contributed by atoms with Crippen LogP contribution in [-0.2, 0) is 0 Å². The lowest BCUT2D eigenvalue weighted by Crippen LogP contribution is -1.87. The van der Waals surface area contributed by atoms with Crippen molar-refractivity contribution in [1.29, 1.82) is 0 Å². The molecule has 0 amide bonds. The van der Waals surface area contributed by atoms with Crippen LogP contribution in [0.3, 0.4) is 0 Å². The summed E-state index contributed by atoms with van der Waals surface area (Å²) in [5.41, 5.74) is 3.46. The van der Waals surface area contributed by atoms with E-state index < -0.39 is 0 Å². The maximum Gasteiger partial charge on any atom is 0.0346 e. The topological polar surface area (TPSA) is 12.4 Å². The molecule has 0 N–H and O–H groups in total. The molecule has 0 saturated carbocycles. The average Bonchev–Trinajstić information content (AvgIpc) is 2.20. The van der Waals surface area contributed by atoms with Crippen LogP contribution in [0.25, 0.3) is 6.08 Å². The van der Waals surface area contributed by atoms with Crippen LogP contribution in [0.1, 0.15) is 23.6 Å². The van der Waals surface area contributed by atoms with Gasteiger partial charge in [0.1, 0.15) is 0 Å². The van der Waals surface area contributed by atoms with Gasteiger partial charge in [-0.1, -0.05) is 42.5 Å². The van der Waals surface area contributed by atoms with Crippen LogP contribution in [0.15, 0.2) is 42.0 Å². The first kappa shape index (κ1) is 10.5. The van der Waals surface area contributed by atoms with Gasteiger partial charge in [-0.25, -0.2) is 0 Å². The van der Waals surface area contributed by atoms with E-state index in [1.807, 2.05) is 25.3 Å². The third kappa shape index (κ3) is 2.70. The van der Waals surface area contributed by atoms with Crippen molar-refractivity contribution in [3.8, 4) is 0 Å². The largest absolute Gasteiger partial charge is 0.264 e. The van der Waals surface area contributed by atoms with Gasteiger partial charge >= 0.3 is 0 Å². The van der Waals surface area contributed by atoms with Gasteiger partial charge in [-0.2, -0.15) is 0 Å². The third-order valence-corrected chi connectivity index (χ3v) is 1.91. The van der Waals surface area contributed by atoms with E-state index in [1.165, 1.54) is 5.56 Å². The molecule has 0 saturated heterocycles. The van der Waals surface area contributed by atoms with Crippen molar-refractivity contribution >= 4 is 12.3 Å². The smallest absolute Gasteiger partial charge is 0.0346 e. The first-order valence-corrected chi connectivity index (χ1v) is 4.65. The molecule has 0 fully saturated rings. The first-order valence-electron chi connectivity index (χ1n) is 4.65. The summed E-state index contributed by atoms with van der Waals surface area (Å²) in [5.74, 6) is 0. The number of aliphatic imine (C=N–C) groups is 1. The van der Waals surface area contributed by atoms with Crippen LogP contribution in [0.5, 0.6) is 0 Å². The molecule has 1 aromatic carbocycles. The predicted octanol–water partition coefficient (Wildman–Crippen LogP) is 3.59. The van der Waals surface area contributed by atoms with Gasteiger partial charge in [0, 0.05) is 12.4 Å². The summed E-state index contributed by atoms with van der Waals surface area (Å²) in [7, 11) is 0. The Hall–Kier alpha value is -1.63. The Bertz CT molecular complexity index is 373. The highest BCUT2D eigenvalue weighted by Crippen LogP contribution is 2.10. The third-order valence-electron chi connectivity index (χ3n) is 1.91. The van der Waals surface area contributed by atoms with E-state index >= 15 is 0 Å². The molecule has 1 nitrogen and oxygen atoms in total. The SMILES string of the molecule is C=Cc1cc(C)ccc1C=N/C=C\C. The van der Waals surface area contributed by atoms with E-state index in [1.54, 1.807) is 6.20 Å². The molecule has 0 spiro atoms. The number of nitrogens with zero attached hydrogens (tertiary/aromatic N) is 1. The Kier molecular flexibility index (Phi) is 3.86. The number of allylic oxidation sites excluding steroid dienone is 1. The number of hydrogen-bond donors (Lipinski definition) is 0. The highest BCUT2D eigenvalue weighted by molar-refractivity contribution is 5.85. The van der Waals surface area contributed by atoms with Crippen LogP contribution in [0.4, 0.5) is 0 Å². The van der Waals surface area contributed by atoms with Crippen molar-refractivity contribution in [2.75, 3.05) is 0 Å². The Morgan fingerprint density at radius 2 is 2.07 bits per heavy atom. The molecule has 1 rings (SSSR count). The maximum absolute atomic E-state index is 4.15. The Labute approximate surface area is 85.5 Å². The summed E-state index contributed by atoms with van der Waals surface area (Å²) >= 11 is 0. The number of rotatable bonds is 3. The van der Waals surface area contributed by atoms with Crippen molar-refractivity contribution in [3.05, 3.63) is 53.7 Å². The van der Waals surface area contributed by atoms with E-state index in [4.69, 9.17) is 0 Å². The molecule has 1 aromatic rings. The average molecular weight is 185 g/mol. The lowest BCUT2D eigenvalue weighted by Gasteiger charge is -2.00. The summed E-state index contributed by atoms with van der Waals surface area (Å²) < 4.78 is 0. The van der Waals surface area contributed by atoms with E-state index in [-0.39, 0.29) is 0 Å². The number of hydrogen-bond acceptors (Lipinski definition) is 1. The monoisotopic (exact) mass is 185 g/mol. The molecule has 0 aliphatic rings. The summed E-state index contributed by atoms with van der Waals surface area (Å²) in [4.78, 5) is 4.15. The van der Waals surface area contributed by atoms with Gasteiger partial charge in [-0.05, 0) is 25.0 Å². The molecule has 0 unspecified atom stereocenters. The fourth-order valence-electron chi connectivity index (χ4n) is 1.20. The fraction of sp³-hybridized carbons (Fsp3) is 0.154. The van der Waals surface area contributed by atoms with Gasteiger partial charge in [0.15, 0.2) is 0 Å². The minimum Gasteiger partial charge on any atom is -0.264 e. The van der Waals surface area contributed by atoms with Crippen molar-refractivity contribution in [1.82, 2.24) is 0 Å². The van der Waals surface area contributed by atoms with E-state index in [0.29, 0.717) is 0 Å². The first-order chi connectivity index (χ1) is 6.77. The number of aryl methyl sites for hydroxylation is 1. The molecule has 0 bridgehead atoms. The summed E-state index contributed by atoms with van der Waals surface area (Å²) in [6, 6.07) is 6.23. The van der Waals surface area contributed by atoms with Gasteiger partial charge in [0.25, 0.3) is 0 Å². The summed E-state index contributed by atoms with van der Waals surface area (Å²) in [5, 5.41) is 0. The Balaban J connectivity index is 3.02. The second-order valence-corrected chi connectivity index (χ2v) is 3.10. The van der Waals surface area contributed by atoms with Gasteiger partial charge in [0.2, 0.25) is 0 Å². The molecule has 14 heavy (non-hydrogen) atoms. The molecule has 0 heterocycles. The van der Waals surface area contributed by atoms with E-state index in [9.17, 15) is 0 Å². The van der Waals surface area contributed by atoms with E-state index in [2.05, 4.69) is 36.7 Å². The van der Waals surface area contributed by atoms with Gasteiger partial charge < -0.3 is 0 Å². The second-order valence-electron chi connectivity index (χ2n) is 3.10. The molecular weight excluding hydrogens is 170 g/mol. The second kappa shape index (κ2) is 5.18. The lowest BCUT2D eigenvalue weighted by atomic mass is 10.1. The standard InChI is InChI=1S/C13H15N/c1-4-8-14-10-13-7-6-11(3)9-12(13)5-2/h4-10H,2H2,1,3H3/b8-4-,14-10?. The zero-order valence-electron chi connectivity index (χ0n) is 8.70. The molecule has 0 aliphatic heterocycles. The van der Waals surface area contributed by atoms with Crippen LogP contribution in [-0.4, -0.2) is 6.21 Å². The van der Waals surface area contributed by atoms with Crippen LogP contribution in [0, 0.1) is 6.92 Å². The van der Waals surface area contributed by atoms with Crippen molar-refractivity contribution in [2.45, 2.75) is 13.8 Å².